The van der Waals surface area contributed by atoms with E-state index in [4.69, 9.17) is 14.5 Å². The van der Waals surface area contributed by atoms with Gasteiger partial charge in [0, 0.05) is 24.0 Å². The summed E-state index contributed by atoms with van der Waals surface area (Å²) in [6.07, 6.45) is 3.66. The van der Waals surface area contributed by atoms with Crippen LogP contribution in [0.5, 0.6) is 11.6 Å². The largest absolute Gasteiger partial charge is 0.484 e. The molecule has 0 aromatic carbocycles. The Balaban J connectivity index is 1.44. The van der Waals surface area contributed by atoms with Gasteiger partial charge in [0.15, 0.2) is 5.75 Å². The normalized spacial score (nSPS) is 21.1. The molecule has 144 valence electrons. The lowest BCUT2D eigenvalue weighted by Gasteiger charge is -2.37. The van der Waals surface area contributed by atoms with E-state index >= 15 is 0 Å². The Kier molecular flexibility index (Phi) is 5.30. The van der Waals surface area contributed by atoms with E-state index in [-0.39, 0.29) is 6.04 Å². The van der Waals surface area contributed by atoms with Crippen molar-refractivity contribution in [3.63, 3.8) is 0 Å². The fraction of sp³-hybridized carbons (Fsp3) is 0.545. The van der Waals surface area contributed by atoms with Gasteiger partial charge in [0.25, 0.3) is 5.88 Å². The molecule has 0 aliphatic carbocycles. The third-order valence-electron chi connectivity index (χ3n) is 5.62. The maximum atomic E-state index is 5.66. The lowest BCUT2D eigenvalue weighted by atomic mass is 9.90. The Bertz CT molecular complexity index is 788. The zero-order valence-electron chi connectivity index (χ0n) is 16.6. The van der Waals surface area contributed by atoms with Crippen LogP contribution >= 0.6 is 0 Å². The van der Waals surface area contributed by atoms with Gasteiger partial charge >= 0.3 is 0 Å². The average molecular weight is 367 g/mol. The van der Waals surface area contributed by atoms with E-state index in [1.807, 2.05) is 6.07 Å². The van der Waals surface area contributed by atoms with Gasteiger partial charge in [0.2, 0.25) is 0 Å². The number of ether oxygens (including phenoxy) is 2. The first-order valence-corrected chi connectivity index (χ1v) is 10.0. The van der Waals surface area contributed by atoms with E-state index in [1.54, 1.807) is 0 Å². The van der Waals surface area contributed by atoms with Gasteiger partial charge in [-0.25, -0.2) is 4.98 Å². The lowest BCUT2D eigenvalue weighted by Crippen LogP contribution is -2.38. The van der Waals surface area contributed by atoms with Gasteiger partial charge in [-0.05, 0) is 82.3 Å². The summed E-state index contributed by atoms with van der Waals surface area (Å²) in [5, 5.41) is 0. The molecule has 0 radical (unpaired) electrons. The first kappa shape index (κ1) is 18.2. The molecule has 0 bridgehead atoms. The highest BCUT2D eigenvalue weighted by Crippen LogP contribution is 2.32. The number of rotatable bonds is 4. The van der Waals surface area contributed by atoms with Crippen LogP contribution in [0.2, 0.25) is 0 Å². The highest BCUT2D eigenvalue weighted by molar-refractivity contribution is 5.36. The van der Waals surface area contributed by atoms with Crippen LogP contribution < -0.4 is 9.47 Å². The Morgan fingerprint density at radius 1 is 1.11 bits per heavy atom. The molecule has 2 aliphatic rings. The van der Waals surface area contributed by atoms with Crippen molar-refractivity contribution in [2.24, 2.45) is 5.92 Å². The van der Waals surface area contributed by atoms with Crippen LogP contribution in [-0.2, 0) is 6.42 Å². The number of aryl methyl sites for hydroxylation is 2. The molecule has 1 saturated heterocycles. The minimum Gasteiger partial charge on any atom is -0.484 e. The minimum absolute atomic E-state index is 0.282. The van der Waals surface area contributed by atoms with E-state index in [1.165, 1.54) is 18.4 Å². The molecular weight excluding hydrogens is 338 g/mol. The number of likely N-dealkylation sites (tertiary alicyclic amines) is 1. The second-order valence-electron chi connectivity index (χ2n) is 7.88. The standard InChI is InChI=1S/C22H29N3O2/c1-15-11-19(12-16(2)23-15)13-18-5-4-8-25(14-18)17(3)20-6-7-21-22(24-20)27-10-9-26-21/h6-7,11-12,17-18H,4-5,8-10,13-14H2,1-3H3/t17-,18-/m1/s1. The first-order chi connectivity index (χ1) is 13.1. The predicted molar refractivity (Wildman–Crippen MR) is 105 cm³/mol. The molecular formula is C22H29N3O2. The van der Waals surface area contributed by atoms with Crippen LogP contribution in [0.4, 0.5) is 0 Å². The maximum absolute atomic E-state index is 5.66. The van der Waals surface area contributed by atoms with Crippen molar-refractivity contribution in [1.29, 1.82) is 0 Å². The van der Waals surface area contributed by atoms with Crippen LogP contribution in [-0.4, -0.2) is 41.2 Å². The number of hydrogen-bond acceptors (Lipinski definition) is 5. The summed E-state index contributed by atoms with van der Waals surface area (Å²) >= 11 is 0. The molecule has 1 fully saturated rings. The van der Waals surface area contributed by atoms with Crippen molar-refractivity contribution in [2.75, 3.05) is 26.3 Å². The average Bonchev–Trinajstić information content (AvgIpc) is 2.66. The summed E-state index contributed by atoms with van der Waals surface area (Å²) in [6.45, 7) is 9.83. The van der Waals surface area contributed by atoms with Crippen molar-refractivity contribution in [3.05, 3.63) is 46.9 Å². The molecule has 27 heavy (non-hydrogen) atoms. The highest BCUT2D eigenvalue weighted by atomic mass is 16.6. The third-order valence-corrected chi connectivity index (χ3v) is 5.62. The maximum Gasteiger partial charge on any atom is 0.257 e. The second-order valence-corrected chi connectivity index (χ2v) is 7.88. The van der Waals surface area contributed by atoms with Crippen molar-refractivity contribution in [3.8, 4) is 11.6 Å². The Morgan fingerprint density at radius 2 is 1.89 bits per heavy atom. The summed E-state index contributed by atoms with van der Waals surface area (Å²) in [4.78, 5) is 11.8. The van der Waals surface area contributed by atoms with Gasteiger partial charge in [-0.1, -0.05) is 0 Å². The summed E-state index contributed by atoms with van der Waals surface area (Å²) < 4.78 is 11.3. The predicted octanol–water partition coefficient (Wildman–Crippen LogP) is 3.88. The topological polar surface area (TPSA) is 47.5 Å². The van der Waals surface area contributed by atoms with Crippen molar-refractivity contribution in [1.82, 2.24) is 14.9 Å². The Labute approximate surface area is 161 Å². The molecule has 5 nitrogen and oxygen atoms in total. The zero-order valence-corrected chi connectivity index (χ0v) is 16.6. The number of fused-ring (bicyclic) bond motifs is 1. The number of hydrogen-bond donors (Lipinski definition) is 0. The number of aromatic nitrogens is 2. The highest BCUT2D eigenvalue weighted by Gasteiger charge is 2.26. The van der Waals surface area contributed by atoms with Gasteiger partial charge in [0.1, 0.15) is 13.2 Å². The molecule has 0 N–H and O–H groups in total. The minimum atomic E-state index is 0.282. The smallest absolute Gasteiger partial charge is 0.257 e. The molecule has 4 heterocycles. The van der Waals surface area contributed by atoms with Gasteiger partial charge in [-0.3, -0.25) is 9.88 Å². The number of nitrogens with zero attached hydrogens (tertiary/aromatic N) is 3. The van der Waals surface area contributed by atoms with Gasteiger partial charge in [-0.2, -0.15) is 0 Å². The molecule has 0 spiro atoms. The second kappa shape index (κ2) is 7.85. The van der Waals surface area contributed by atoms with Crippen LogP contribution in [0.1, 0.15) is 48.5 Å². The van der Waals surface area contributed by atoms with E-state index in [2.05, 4.69) is 48.9 Å². The number of pyridine rings is 2. The monoisotopic (exact) mass is 367 g/mol. The van der Waals surface area contributed by atoms with E-state index in [0.717, 1.165) is 42.3 Å². The fourth-order valence-electron chi connectivity index (χ4n) is 4.35. The quantitative estimate of drug-likeness (QED) is 0.821. The zero-order chi connectivity index (χ0) is 18.8. The van der Waals surface area contributed by atoms with Gasteiger partial charge < -0.3 is 9.47 Å². The van der Waals surface area contributed by atoms with Gasteiger partial charge in [0.05, 0.1) is 5.69 Å². The Hall–Kier alpha value is -2.14. The molecule has 2 aromatic rings. The third kappa shape index (κ3) is 4.24. The molecule has 0 unspecified atom stereocenters. The van der Waals surface area contributed by atoms with E-state index < -0.39 is 0 Å². The van der Waals surface area contributed by atoms with Crippen LogP contribution in [0, 0.1) is 19.8 Å². The van der Waals surface area contributed by atoms with Crippen molar-refractivity contribution in [2.45, 2.75) is 46.1 Å². The molecule has 2 aromatic heterocycles. The van der Waals surface area contributed by atoms with Crippen LogP contribution in [0.15, 0.2) is 24.3 Å². The summed E-state index contributed by atoms with van der Waals surface area (Å²) in [5.74, 6) is 2.08. The molecule has 5 heteroatoms. The van der Waals surface area contributed by atoms with E-state index in [0.29, 0.717) is 25.0 Å². The van der Waals surface area contributed by atoms with E-state index in [9.17, 15) is 0 Å². The molecule has 4 rings (SSSR count). The molecule has 0 saturated carbocycles. The van der Waals surface area contributed by atoms with Crippen molar-refractivity contribution >= 4 is 0 Å². The summed E-state index contributed by atoms with van der Waals surface area (Å²) in [7, 11) is 0. The van der Waals surface area contributed by atoms with Crippen molar-refractivity contribution < 1.29 is 9.47 Å². The SMILES string of the molecule is Cc1cc(C[C@H]2CCCN([C@H](C)c3ccc4c(n3)OCCO4)C2)cc(C)n1. The summed E-state index contributed by atoms with van der Waals surface area (Å²) in [5.41, 5.74) is 4.71. The first-order valence-electron chi connectivity index (χ1n) is 10.0. The molecule has 2 aliphatic heterocycles. The van der Waals surface area contributed by atoms with Gasteiger partial charge in [-0.15, -0.1) is 0 Å². The van der Waals surface area contributed by atoms with Crippen LogP contribution in [0.3, 0.4) is 0 Å². The fourth-order valence-corrected chi connectivity index (χ4v) is 4.35. The molecule has 2 atom stereocenters. The Morgan fingerprint density at radius 3 is 2.70 bits per heavy atom. The lowest BCUT2D eigenvalue weighted by molar-refractivity contribution is 0.126. The molecule has 0 amide bonds. The van der Waals surface area contributed by atoms with Crippen LogP contribution in [0.25, 0.3) is 0 Å². The summed E-state index contributed by atoms with van der Waals surface area (Å²) in [6, 6.07) is 8.83. The number of piperidine rings is 1.